The molecule has 2 aliphatic heterocycles. The lowest BCUT2D eigenvalue weighted by Gasteiger charge is -2.22. The third kappa shape index (κ3) is 2.79. The van der Waals surface area contributed by atoms with Gasteiger partial charge in [-0.25, -0.2) is 4.79 Å². The quantitative estimate of drug-likeness (QED) is 0.550. The molecule has 1 saturated carbocycles. The van der Waals surface area contributed by atoms with Gasteiger partial charge in [0.15, 0.2) is 11.4 Å². The number of Topliss-reactive ketones (excluding diaryl/α,β-unsaturated/α-hetero) is 1. The maximum atomic E-state index is 13.5. The monoisotopic (exact) mass is 433 g/mol. The van der Waals surface area contributed by atoms with Crippen LogP contribution < -0.4 is 5.32 Å². The highest BCUT2D eigenvalue weighted by atomic mass is 35.5. The van der Waals surface area contributed by atoms with Crippen LogP contribution >= 0.6 is 35.0 Å². The number of esters is 1. The minimum atomic E-state index is -0.629. The summed E-state index contributed by atoms with van der Waals surface area (Å²) in [5, 5.41) is 4.22. The maximum Gasteiger partial charge on any atom is 0.340 e. The van der Waals surface area contributed by atoms with Gasteiger partial charge < -0.3 is 10.1 Å². The standard InChI is InChI=1S/C21H17Cl2NO3S/c22-15-5-4-12(10-16(15)23)28-21(6-7-21)18(25)13-2-1-3-14-17(13)19(26)27-20(14)8-9-24-11-20/h1-5,10,24H,6-9,11H2. The molecule has 1 atom stereocenters. The molecule has 1 aliphatic carbocycles. The van der Waals surface area contributed by atoms with Crippen molar-refractivity contribution in [3.05, 3.63) is 63.1 Å². The highest BCUT2D eigenvalue weighted by Crippen LogP contribution is 2.55. The van der Waals surface area contributed by atoms with Crippen molar-refractivity contribution in [2.75, 3.05) is 13.1 Å². The van der Waals surface area contributed by atoms with Gasteiger partial charge in [0, 0.05) is 29.0 Å². The Bertz CT molecular complexity index is 1010. The van der Waals surface area contributed by atoms with Gasteiger partial charge in [0.1, 0.15) is 0 Å². The van der Waals surface area contributed by atoms with Crippen LogP contribution in [0.5, 0.6) is 0 Å². The minimum Gasteiger partial charge on any atom is -0.449 e. The average Bonchev–Trinajstić information content (AvgIpc) is 3.21. The number of ketones is 1. The number of benzene rings is 2. The van der Waals surface area contributed by atoms with E-state index in [4.69, 9.17) is 27.9 Å². The number of halogens is 2. The first-order valence-corrected chi connectivity index (χ1v) is 10.8. The maximum absolute atomic E-state index is 13.5. The van der Waals surface area contributed by atoms with Crippen molar-refractivity contribution >= 4 is 46.7 Å². The second-order valence-corrected chi connectivity index (χ2v) is 9.81. The van der Waals surface area contributed by atoms with E-state index in [1.54, 1.807) is 18.2 Å². The van der Waals surface area contributed by atoms with Crippen molar-refractivity contribution in [3.8, 4) is 0 Å². The number of hydrogen-bond acceptors (Lipinski definition) is 5. The predicted octanol–water partition coefficient (Wildman–Crippen LogP) is 4.86. The number of fused-ring (bicyclic) bond motifs is 2. The van der Waals surface area contributed by atoms with Crippen LogP contribution in [0, 0.1) is 0 Å². The van der Waals surface area contributed by atoms with Gasteiger partial charge >= 0.3 is 5.97 Å². The lowest BCUT2D eigenvalue weighted by molar-refractivity contribution is 0.00158. The van der Waals surface area contributed by atoms with Gasteiger partial charge in [-0.15, -0.1) is 11.8 Å². The zero-order valence-corrected chi connectivity index (χ0v) is 17.2. The zero-order valence-electron chi connectivity index (χ0n) is 14.9. The van der Waals surface area contributed by atoms with E-state index in [1.165, 1.54) is 11.8 Å². The minimum absolute atomic E-state index is 0.0135. The SMILES string of the molecule is O=C1OC2(CCNC2)c2cccc(C(=O)C3(Sc4ccc(Cl)c(Cl)c4)CC3)c21. The molecule has 4 nitrogen and oxygen atoms in total. The van der Waals surface area contributed by atoms with E-state index in [0.717, 1.165) is 36.3 Å². The molecule has 3 aliphatic rings. The highest BCUT2D eigenvalue weighted by molar-refractivity contribution is 8.01. The van der Waals surface area contributed by atoms with Crippen LogP contribution in [0.15, 0.2) is 41.3 Å². The summed E-state index contributed by atoms with van der Waals surface area (Å²) in [5.41, 5.74) is 1.12. The van der Waals surface area contributed by atoms with Gasteiger partial charge in [-0.3, -0.25) is 4.79 Å². The molecule has 2 fully saturated rings. The summed E-state index contributed by atoms with van der Waals surface area (Å²) >= 11 is 13.6. The first-order valence-electron chi connectivity index (χ1n) is 9.21. The summed E-state index contributed by atoms with van der Waals surface area (Å²) in [6.07, 6.45) is 2.26. The van der Waals surface area contributed by atoms with Crippen LogP contribution in [-0.4, -0.2) is 29.6 Å². The fourth-order valence-electron chi connectivity index (χ4n) is 4.11. The molecule has 0 bridgehead atoms. The fraction of sp³-hybridized carbons (Fsp3) is 0.333. The van der Waals surface area contributed by atoms with E-state index in [9.17, 15) is 9.59 Å². The third-order valence-corrected chi connectivity index (χ3v) is 7.94. The van der Waals surface area contributed by atoms with E-state index >= 15 is 0 Å². The molecule has 1 spiro atoms. The Labute approximate surface area is 176 Å². The smallest absolute Gasteiger partial charge is 0.340 e. The Morgan fingerprint density at radius 2 is 1.93 bits per heavy atom. The van der Waals surface area contributed by atoms with Gasteiger partial charge in [0.2, 0.25) is 0 Å². The number of carbonyl (C=O) groups is 2. The average molecular weight is 434 g/mol. The topological polar surface area (TPSA) is 55.4 Å². The van der Waals surface area contributed by atoms with E-state index in [0.29, 0.717) is 27.7 Å². The van der Waals surface area contributed by atoms with Gasteiger partial charge in [0.05, 0.1) is 20.4 Å². The van der Waals surface area contributed by atoms with E-state index in [-0.39, 0.29) is 5.78 Å². The van der Waals surface area contributed by atoms with Crippen LogP contribution in [0.25, 0.3) is 0 Å². The van der Waals surface area contributed by atoms with Crippen molar-refractivity contribution in [2.24, 2.45) is 0 Å². The van der Waals surface area contributed by atoms with Crippen molar-refractivity contribution in [3.63, 3.8) is 0 Å². The van der Waals surface area contributed by atoms with Gasteiger partial charge in [0.25, 0.3) is 0 Å². The summed E-state index contributed by atoms with van der Waals surface area (Å²) in [6, 6.07) is 10.9. The molecule has 1 unspecified atom stereocenters. The molecular formula is C21H17Cl2NO3S. The summed E-state index contributed by atoms with van der Waals surface area (Å²) in [7, 11) is 0. The Hall–Kier alpha value is -1.53. The number of thioether (sulfide) groups is 1. The third-order valence-electron chi connectivity index (χ3n) is 5.73. The number of nitrogens with one attached hydrogen (secondary N) is 1. The number of carbonyl (C=O) groups excluding carboxylic acids is 2. The molecule has 0 amide bonds. The van der Waals surface area contributed by atoms with Gasteiger partial charge in [-0.1, -0.05) is 41.4 Å². The molecule has 5 rings (SSSR count). The van der Waals surface area contributed by atoms with Gasteiger partial charge in [-0.2, -0.15) is 0 Å². The molecule has 0 radical (unpaired) electrons. The number of hydrogen-bond donors (Lipinski definition) is 1. The molecule has 7 heteroatoms. The van der Waals surface area contributed by atoms with Crippen LogP contribution in [-0.2, 0) is 10.3 Å². The molecule has 1 N–H and O–H groups in total. The van der Waals surface area contributed by atoms with Crippen molar-refractivity contribution in [2.45, 2.75) is 34.5 Å². The van der Waals surface area contributed by atoms with Crippen molar-refractivity contribution in [1.29, 1.82) is 0 Å². The molecule has 28 heavy (non-hydrogen) atoms. The first-order chi connectivity index (χ1) is 13.4. The predicted molar refractivity (Wildman–Crippen MR) is 110 cm³/mol. The molecule has 1 saturated heterocycles. The summed E-state index contributed by atoms with van der Waals surface area (Å²) in [6.45, 7) is 1.38. The van der Waals surface area contributed by atoms with Crippen LogP contribution in [0.4, 0.5) is 0 Å². The normalized spacial score (nSPS) is 24.3. The zero-order chi connectivity index (χ0) is 19.5. The number of rotatable bonds is 4. The van der Waals surface area contributed by atoms with Crippen LogP contribution in [0.2, 0.25) is 10.0 Å². The van der Waals surface area contributed by atoms with Crippen molar-refractivity contribution < 1.29 is 14.3 Å². The molecule has 144 valence electrons. The number of ether oxygens (including phenoxy) is 1. The molecular weight excluding hydrogens is 417 g/mol. The van der Waals surface area contributed by atoms with Gasteiger partial charge in [-0.05, 0) is 37.6 Å². The van der Waals surface area contributed by atoms with Crippen molar-refractivity contribution in [1.82, 2.24) is 5.32 Å². The van der Waals surface area contributed by atoms with Crippen LogP contribution in [0.1, 0.15) is 45.5 Å². The lowest BCUT2D eigenvalue weighted by atomic mass is 9.88. The summed E-state index contributed by atoms with van der Waals surface area (Å²) in [5.74, 6) is -0.404. The molecule has 2 aromatic carbocycles. The summed E-state index contributed by atoms with van der Waals surface area (Å²) in [4.78, 5) is 27.1. The highest BCUT2D eigenvalue weighted by Gasteiger charge is 2.54. The van der Waals surface area contributed by atoms with E-state index in [1.807, 2.05) is 18.2 Å². The Morgan fingerprint density at radius 1 is 1.11 bits per heavy atom. The Kier molecular flexibility index (Phi) is 4.29. The lowest BCUT2D eigenvalue weighted by Crippen LogP contribution is -2.28. The molecule has 2 heterocycles. The van der Waals surface area contributed by atoms with E-state index in [2.05, 4.69) is 5.32 Å². The molecule has 0 aromatic heterocycles. The summed E-state index contributed by atoms with van der Waals surface area (Å²) < 4.78 is 5.20. The second kappa shape index (κ2) is 6.49. The first kappa shape index (κ1) is 18.5. The Balaban J connectivity index is 1.50. The largest absolute Gasteiger partial charge is 0.449 e. The van der Waals surface area contributed by atoms with Crippen LogP contribution in [0.3, 0.4) is 0 Å². The Morgan fingerprint density at radius 3 is 2.61 bits per heavy atom. The van der Waals surface area contributed by atoms with E-state index < -0.39 is 16.3 Å². The fourth-order valence-corrected chi connectivity index (χ4v) is 5.75. The molecule has 2 aromatic rings. The second-order valence-electron chi connectivity index (χ2n) is 7.54.